The fourth-order valence-corrected chi connectivity index (χ4v) is 5.17. The van der Waals surface area contributed by atoms with E-state index < -0.39 is 0 Å². The molecule has 3 aromatic carbocycles. The van der Waals surface area contributed by atoms with Crippen molar-refractivity contribution in [2.24, 2.45) is 5.73 Å². The zero-order valence-corrected chi connectivity index (χ0v) is 18.1. The number of nitrogens with one attached hydrogen (secondary N) is 1. The number of halogens is 1. The van der Waals surface area contributed by atoms with Crippen LogP contribution in [0.4, 0.5) is 10.1 Å². The quantitative estimate of drug-likeness (QED) is 0.493. The molecule has 162 valence electrons. The molecule has 1 aliphatic carbocycles. The van der Waals surface area contributed by atoms with Crippen molar-refractivity contribution in [1.29, 1.82) is 0 Å². The smallest absolute Gasteiger partial charge is 0.148 e. The van der Waals surface area contributed by atoms with Crippen LogP contribution in [-0.2, 0) is 0 Å². The number of aromatic nitrogens is 2. The van der Waals surface area contributed by atoms with Crippen LogP contribution in [0.25, 0.3) is 33.5 Å². The second-order valence-corrected chi connectivity index (χ2v) is 8.88. The first kappa shape index (κ1) is 19.5. The van der Waals surface area contributed by atoms with Crippen LogP contribution in [0.1, 0.15) is 23.6 Å². The summed E-state index contributed by atoms with van der Waals surface area (Å²) in [7, 11) is 2.12. The molecule has 2 aliphatic rings. The molecule has 0 amide bonds. The number of hydrogen-bond acceptors (Lipinski definition) is 4. The Kier molecular flexibility index (Phi) is 4.52. The number of aromatic amines is 1. The molecular formula is C26H26FN5. The number of rotatable bonds is 2. The van der Waals surface area contributed by atoms with Crippen molar-refractivity contribution in [2.75, 3.05) is 38.1 Å². The minimum atomic E-state index is -0.206. The fraction of sp³-hybridized carbons (Fsp3) is 0.269. The van der Waals surface area contributed by atoms with Crippen LogP contribution in [0.15, 0.2) is 54.6 Å². The number of likely N-dealkylation sites (N-methyl/N-ethyl adjacent to an activating group) is 1. The van der Waals surface area contributed by atoms with Crippen molar-refractivity contribution >= 4 is 16.7 Å². The number of nitrogens with two attached hydrogens (primary N) is 1. The van der Waals surface area contributed by atoms with Gasteiger partial charge in [0.15, 0.2) is 0 Å². The van der Waals surface area contributed by atoms with Gasteiger partial charge in [0, 0.05) is 31.3 Å². The van der Waals surface area contributed by atoms with Crippen LogP contribution >= 0.6 is 0 Å². The molecule has 3 N–H and O–H groups in total. The number of benzene rings is 3. The summed E-state index contributed by atoms with van der Waals surface area (Å²) in [5.74, 6) is 0.538. The lowest BCUT2D eigenvalue weighted by molar-refractivity contribution is 0.360. The van der Waals surface area contributed by atoms with Gasteiger partial charge in [-0.15, -0.1) is 0 Å². The van der Waals surface area contributed by atoms with Gasteiger partial charge in [-0.25, -0.2) is 9.37 Å². The number of H-pyrrole nitrogens is 1. The highest BCUT2D eigenvalue weighted by Crippen LogP contribution is 2.46. The number of imidazole rings is 1. The molecule has 6 heteroatoms. The highest BCUT2D eigenvalue weighted by Gasteiger charge is 2.29. The van der Waals surface area contributed by atoms with Gasteiger partial charge in [0.25, 0.3) is 0 Å². The molecule has 1 saturated heterocycles. The van der Waals surface area contributed by atoms with Gasteiger partial charge in [0.1, 0.15) is 11.6 Å². The van der Waals surface area contributed by atoms with E-state index in [4.69, 9.17) is 10.7 Å². The average Bonchev–Trinajstić information content (AvgIpc) is 3.26. The van der Waals surface area contributed by atoms with Crippen LogP contribution < -0.4 is 10.6 Å². The highest BCUT2D eigenvalue weighted by molar-refractivity contribution is 5.92. The first-order chi connectivity index (χ1) is 15.6. The summed E-state index contributed by atoms with van der Waals surface area (Å²) in [6.07, 6.45) is 1.02. The largest absolute Gasteiger partial charge is 0.368 e. The van der Waals surface area contributed by atoms with Gasteiger partial charge < -0.3 is 20.5 Å². The Morgan fingerprint density at radius 3 is 2.69 bits per heavy atom. The van der Waals surface area contributed by atoms with E-state index in [0.717, 1.165) is 71.8 Å². The van der Waals surface area contributed by atoms with Crippen molar-refractivity contribution < 1.29 is 4.39 Å². The molecule has 1 aromatic heterocycles. The van der Waals surface area contributed by atoms with Gasteiger partial charge in [-0.05, 0) is 48.3 Å². The molecule has 6 rings (SSSR count). The Hall–Kier alpha value is -3.22. The lowest BCUT2D eigenvalue weighted by Gasteiger charge is -2.23. The van der Waals surface area contributed by atoms with E-state index in [1.165, 1.54) is 0 Å². The lowest BCUT2D eigenvalue weighted by atomic mass is 9.99. The standard InChI is InChI=1S/C26H26FN5/c1-31-10-5-11-32(13-12-31)23-15-22-21(14-20(23)27)29-26(30-22)19-9-4-8-18-24(19)16-6-2-3-7-17(16)25(18)28/h2-4,6-9,14-15,25H,5,10-13,28H2,1H3,(H,29,30). The Balaban J connectivity index is 1.45. The number of nitrogens with zero attached hydrogens (tertiary/aromatic N) is 3. The highest BCUT2D eigenvalue weighted by atomic mass is 19.1. The van der Waals surface area contributed by atoms with E-state index in [0.29, 0.717) is 11.2 Å². The number of hydrogen-bond donors (Lipinski definition) is 2. The SMILES string of the molecule is CN1CCCN(c2cc3nc(-c4cccc5c4-c4ccccc4C5N)[nH]c3cc2F)CC1. The molecule has 2 heterocycles. The van der Waals surface area contributed by atoms with Crippen LogP contribution in [0.5, 0.6) is 0 Å². The molecule has 0 spiro atoms. The Morgan fingerprint density at radius 1 is 0.969 bits per heavy atom. The van der Waals surface area contributed by atoms with E-state index in [9.17, 15) is 0 Å². The molecule has 0 saturated carbocycles. The first-order valence-electron chi connectivity index (χ1n) is 11.2. The van der Waals surface area contributed by atoms with Crippen molar-refractivity contribution in [2.45, 2.75) is 12.5 Å². The number of fused-ring (bicyclic) bond motifs is 4. The maximum absolute atomic E-state index is 15.1. The van der Waals surface area contributed by atoms with Crippen LogP contribution in [0, 0.1) is 5.82 Å². The zero-order valence-electron chi connectivity index (χ0n) is 18.1. The van der Waals surface area contributed by atoms with E-state index in [-0.39, 0.29) is 11.9 Å². The van der Waals surface area contributed by atoms with E-state index in [2.05, 4.69) is 46.1 Å². The predicted molar refractivity (Wildman–Crippen MR) is 127 cm³/mol. The molecule has 5 nitrogen and oxygen atoms in total. The van der Waals surface area contributed by atoms with Gasteiger partial charge in [0.2, 0.25) is 0 Å². The second kappa shape index (κ2) is 7.43. The van der Waals surface area contributed by atoms with Gasteiger partial charge in [-0.1, -0.05) is 42.5 Å². The summed E-state index contributed by atoms with van der Waals surface area (Å²) in [4.78, 5) is 12.7. The monoisotopic (exact) mass is 427 g/mol. The number of anilines is 1. The molecule has 1 fully saturated rings. The predicted octanol–water partition coefficient (Wildman–Crippen LogP) is 4.54. The molecule has 32 heavy (non-hydrogen) atoms. The third-order valence-electron chi connectivity index (χ3n) is 6.86. The summed E-state index contributed by atoms with van der Waals surface area (Å²) < 4.78 is 15.1. The maximum atomic E-state index is 15.1. The summed E-state index contributed by atoms with van der Waals surface area (Å²) in [5.41, 5.74) is 14.2. The van der Waals surface area contributed by atoms with Crippen molar-refractivity contribution in [3.8, 4) is 22.5 Å². The Labute approximate surface area is 186 Å². The molecular weight excluding hydrogens is 401 g/mol. The maximum Gasteiger partial charge on any atom is 0.148 e. The van der Waals surface area contributed by atoms with Crippen LogP contribution in [0.3, 0.4) is 0 Å². The first-order valence-corrected chi connectivity index (χ1v) is 11.2. The van der Waals surface area contributed by atoms with Gasteiger partial charge in [-0.3, -0.25) is 0 Å². The third-order valence-corrected chi connectivity index (χ3v) is 6.86. The van der Waals surface area contributed by atoms with Gasteiger partial charge >= 0.3 is 0 Å². The fourth-order valence-electron chi connectivity index (χ4n) is 5.17. The minimum absolute atomic E-state index is 0.143. The van der Waals surface area contributed by atoms with E-state index in [1.807, 2.05) is 24.3 Å². The zero-order chi connectivity index (χ0) is 21.8. The summed E-state index contributed by atoms with van der Waals surface area (Å²) in [6.45, 7) is 3.64. The van der Waals surface area contributed by atoms with Gasteiger partial charge in [0.05, 0.1) is 22.8 Å². The van der Waals surface area contributed by atoms with E-state index >= 15 is 4.39 Å². The van der Waals surface area contributed by atoms with Crippen LogP contribution in [0.2, 0.25) is 0 Å². The molecule has 1 unspecified atom stereocenters. The van der Waals surface area contributed by atoms with Crippen LogP contribution in [-0.4, -0.2) is 48.1 Å². The van der Waals surface area contributed by atoms with Crippen molar-refractivity contribution in [1.82, 2.24) is 14.9 Å². The molecule has 1 aliphatic heterocycles. The molecule has 0 bridgehead atoms. The topological polar surface area (TPSA) is 61.2 Å². The third kappa shape index (κ3) is 3.02. The lowest BCUT2D eigenvalue weighted by Crippen LogP contribution is -2.29. The van der Waals surface area contributed by atoms with Gasteiger partial charge in [-0.2, -0.15) is 0 Å². The van der Waals surface area contributed by atoms with E-state index in [1.54, 1.807) is 6.07 Å². The second-order valence-electron chi connectivity index (χ2n) is 8.88. The minimum Gasteiger partial charge on any atom is -0.368 e. The average molecular weight is 428 g/mol. The molecule has 1 atom stereocenters. The van der Waals surface area contributed by atoms with Crippen molar-refractivity contribution in [3.63, 3.8) is 0 Å². The molecule has 4 aromatic rings. The Morgan fingerprint density at radius 2 is 1.78 bits per heavy atom. The summed E-state index contributed by atoms with van der Waals surface area (Å²) in [6, 6.07) is 17.8. The Bertz CT molecular complexity index is 1330. The van der Waals surface area contributed by atoms with Crippen molar-refractivity contribution in [3.05, 3.63) is 71.5 Å². The summed E-state index contributed by atoms with van der Waals surface area (Å²) in [5, 5.41) is 0. The normalized spacial score (nSPS) is 18.6. The molecule has 0 radical (unpaired) electrons. The summed E-state index contributed by atoms with van der Waals surface area (Å²) >= 11 is 0.